The van der Waals surface area contributed by atoms with Gasteiger partial charge in [-0.25, -0.2) is 4.79 Å². The first kappa shape index (κ1) is 35.3. The van der Waals surface area contributed by atoms with Gasteiger partial charge < -0.3 is 20.1 Å². The number of nitrogens with one attached hydrogen (secondary N) is 4. The lowest BCUT2D eigenvalue weighted by Gasteiger charge is -2.29. The molecule has 2 aromatic rings. The van der Waals surface area contributed by atoms with Crippen LogP contribution in [0.4, 0.5) is 9.53 Å². The molecule has 1 saturated heterocycles. The van der Waals surface area contributed by atoms with E-state index in [2.05, 4.69) is 34.4 Å². The summed E-state index contributed by atoms with van der Waals surface area (Å²) in [5.74, 6) is 0.195. The van der Waals surface area contributed by atoms with Gasteiger partial charge in [0, 0.05) is 52.1 Å². The molecule has 2 aliphatic rings. The van der Waals surface area contributed by atoms with E-state index < -0.39 is 5.97 Å². The second kappa shape index (κ2) is 17.3. The molecule has 1 fully saturated rings. The van der Waals surface area contributed by atoms with E-state index in [0.717, 1.165) is 46.9 Å². The van der Waals surface area contributed by atoms with E-state index in [4.69, 9.17) is 31.9 Å². The summed E-state index contributed by atoms with van der Waals surface area (Å²) >= 11 is 7.61. The molecule has 240 valence electrons. The average Bonchev–Trinajstić information content (AvgIpc) is 3.17. The highest BCUT2D eigenvalue weighted by molar-refractivity contribution is 7.17. The minimum absolute atomic E-state index is 0.0676. The van der Waals surface area contributed by atoms with Crippen LogP contribution in [0.15, 0.2) is 29.3 Å². The molecular formula is C30H40ClFN6O5S. The van der Waals surface area contributed by atoms with Crippen LogP contribution in [0.2, 0.25) is 5.02 Å². The Morgan fingerprint density at radius 1 is 1.16 bits per heavy atom. The molecule has 4 rings (SSSR count). The van der Waals surface area contributed by atoms with E-state index in [1.165, 1.54) is 11.8 Å². The second-order valence-electron chi connectivity index (χ2n) is 10.7. The lowest BCUT2D eigenvalue weighted by atomic mass is 9.91. The molecule has 0 radical (unpaired) electrons. The number of amides is 1. The Morgan fingerprint density at radius 2 is 1.82 bits per heavy atom. The number of piperidine rings is 1. The van der Waals surface area contributed by atoms with E-state index in [0.29, 0.717) is 49.0 Å². The summed E-state index contributed by atoms with van der Waals surface area (Å²) in [6.07, 6.45) is 0.914. The third-order valence-corrected chi connectivity index (χ3v) is 8.53. The molecule has 0 saturated carbocycles. The van der Waals surface area contributed by atoms with Crippen molar-refractivity contribution in [3.05, 3.63) is 50.9 Å². The molecule has 3 heterocycles. The third-order valence-electron chi connectivity index (χ3n) is 7.08. The number of rotatable bonds is 10. The number of hydrogen-bond donors (Lipinski definition) is 4. The fraction of sp³-hybridized carbons (Fsp3) is 0.500. The number of hydrogen-bond acceptors (Lipinski definition) is 10. The molecule has 0 aliphatic carbocycles. The lowest BCUT2D eigenvalue weighted by molar-refractivity contribution is -0.189. The Hall–Kier alpha value is -3.23. The number of carbonyl (C=O) groups excluding carboxylic acids is 2. The van der Waals surface area contributed by atoms with Crippen LogP contribution in [-0.4, -0.2) is 81.9 Å². The molecule has 1 aromatic carbocycles. The topological polar surface area (TPSA) is 149 Å². The first-order chi connectivity index (χ1) is 21.0. The number of anilines is 1. The Kier molecular flexibility index (Phi) is 13.9. The quantitative estimate of drug-likeness (QED) is 0.169. The van der Waals surface area contributed by atoms with Gasteiger partial charge in [-0.1, -0.05) is 23.7 Å². The number of halogens is 2. The van der Waals surface area contributed by atoms with Crippen LogP contribution in [0.5, 0.6) is 0 Å². The number of thiophene rings is 1. The van der Waals surface area contributed by atoms with Crippen molar-refractivity contribution in [1.82, 2.24) is 10.6 Å². The maximum Gasteiger partial charge on any atom is 0.374 e. The molecule has 14 heteroatoms. The molecule has 11 nitrogen and oxygen atoms in total. The minimum Gasteiger partial charge on any atom is -0.379 e. The Labute approximate surface area is 266 Å². The summed E-state index contributed by atoms with van der Waals surface area (Å²) in [6.45, 7) is 10.8. The van der Waals surface area contributed by atoms with Gasteiger partial charge in [0.25, 0.3) is 0 Å². The van der Waals surface area contributed by atoms with Gasteiger partial charge >= 0.3 is 5.97 Å². The molecule has 2 unspecified atom stereocenters. The summed E-state index contributed by atoms with van der Waals surface area (Å²) in [5.41, 5.74) is 4.02. The molecule has 4 N–H and O–H groups in total. The number of amidine groups is 2. The molecule has 1 aromatic heterocycles. The number of benzene rings is 1. The van der Waals surface area contributed by atoms with Gasteiger partial charge in [0.1, 0.15) is 23.3 Å². The maximum atomic E-state index is 11.5. The van der Waals surface area contributed by atoms with Crippen molar-refractivity contribution < 1.29 is 28.5 Å². The molecule has 2 atom stereocenters. The standard InChI is InChI=1S/C17H17ClN4S.C13H23FN2O5/c1-9-10(2)23-17-15(9)16(12-4-6-13(18)7-5-12)21-8-14(20)22(17)11(3)19;1-10(17)16-2-3-19-7-11-4-12(6-15-5-11)8-20-9-13(18)21-14/h4-7,19-20H,8H2,1-3H3;11-12,15H,2-9H2,1H3,(H,16,17). The van der Waals surface area contributed by atoms with E-state index >= 15 is 0 Å². The molecule has 0 bridgehead atoms. The van der Waals surface area contributed by atoms with Crippen LogP contribution in [0, 0.1) is 36.5 Å². The number of aliphatic imine (C=N–C) groups is 1. The van der Waals surface area contributed by atoms with Gasteiger partial charge in [0.2, 0.25) is 5.91 Å². The SMILES string of the molecule is CC(=N)N1C(=N)CN=C(c2ccc(Cl)cc2)c2c1sc(C)c2C.CC(=O)NCCOCC1CNCC(COCC(=O)OF)C1. The van der Waals surface area contributed by atoms with Gasteiger partial charge in [-0.3, -0.25) is 30.4 Å². The zero-order valence-corrected chi connectivity index (χ0v) is 27.0. The van der Waals surface area contributed by atoms with Crippen LogP contribution in [0.3, 0.4) is 0 Å². The normalized spacial score (nSPS) is 17.9. The van der Waals surface area contributed by atoms with Gasteiger partial charge in [-0.05, 0) is 56.7 Å². The predicted molar refractivity (Wildman–Crippen MR) is 171 cm³/mol. The number of carbonyl (C=O) groups is 2. The highest BCUT2D eigenvalue weighted by atomic mass is 35.5. The zero-order valence-electron chi connectivity index (χ0n) is 25.4. The van der Waals surface area contributed by atoms with Crippen molar-refractivity contribution in [3.63, 3.8) is 0 Å². The van der Waals surface area contributed by atoms with E-state index in [-0.39, 0.29) is 25.0 Å². The Morgan fingerprint density at radius 3 is 2.43 bits per heavy atom. The van der Waals surface area contributed by atoms with E-state index in [9.17, 15) is 14.1 Å². The minimum atomic E-state index is -1.02. The van der Waals surface area contributed by atoms with Crippen LogP contribution in [-0.2, 0) is 24.0 Å². The Balaban J connectivity index is 0.000000242. The smallest absolute Gasteiger partial charge is 0.374 e. The Bertz CT molecular complexity index is 1350. The van der Waals surface area contributed by atoms with Gasteiger partial charge in [0.15, 0.2) is 0 Å². The predicted octanol–water partition coefficient (Wildman–Crippen LogP) is 4.46. The number of aryl methyl sites for hydroxylation is 1. The van der Waals surface area contributed by atoms with Gasteiger partial charge in [-0.15, -0.1) is 11.3 Å². The number of ether oxygens (including phenoxy) is 2. The van der Waals surface area contributed by atoms with Crippen molar-refractivity contribution in [2.45, 2.75) is 34.1 Å². The summed E-state index contributed by atoms with van der Waals surface area (Å²) in [5, 5.41) is 23.9. The lowest BCUT2D eigenvalue weighted by Crippen LogP contribution is -2.40. The summed E-state index contributed by atoms with van der Waals surface area (Å²) in [6, 6.07) is 7.61. The van der Waals surface area contributed by atoms with Crippen molar-refractivity contribution in [1.29, 1.82) is 10.8 Å². The monoisotopic (exact) mass is 650 g/mol. The molecular weight excluding hydrogens is 611 g/mol. The summed E-state index contributed by atoms with van der Waals surface area (Å²) in [4.78, 5) is 31.8. The highest BCUT2D eigenvalue weighted by Crippen LogP contribution is 2.39. The third kappa shape index (κ3) is 10.2. The largest absolute Gasteiger partial charge is 0.379 e. The number of fused-ring (bicyclic) bond motifs is 1. The average molecular weight is 651 g/mol. The highest BCUT2D eigenvalue weighted by Gasteiger charge is 2.29. The van der Waals surface area contributed by atoms with Crippen molar-refractivity contribution in [3.8, 4) is 0 Å². The van der Waals surface area contributed by atoms with Crippen LogP contribution in [0.1, 0.15) is 41.8 Å². The molecule has 44 heavy (non-hydrogen) atoms. The fourth-order valence-electron chi connectivity index (χ4n) is 4.93. The van der Waals surface area contributed by atoms with Crippen molar-refractivity contribution >= 4 is 57.2 Å². The zero-order chi connectivity index (χ0) is 32.2. The first-order valence-corrected chi connectivity index (χ1v) is 15.5. The molecule has 2 aliphatic heterocycles. The van der Waals surface area contributed by atoms with E-state index in [1.54, 1.807) is 23.2 Å². The molecule has 1 amide bonds. The first-order valence-electron chi connectivity index (χ1n) is 14.3. The van der Waals surface area contributed by atoms with Crippen LogP contribution >= 0.6 is 22.9 Å². The maximum absolute atomic E-state index is 11.5. The van der Waals surface area contributed by atoms with Gasteiger partial charge in [0.05, 0.1) is 32.1 Å². The number of nitrogens with zero attached hydrogens (tertiary/aromatic N) is 2. The van der Waals surface area contributed by atoms with Crippen molar-refractivity contribution in [2.75, 3.05) is 57.5 Å². The summed E-state index contributed by atoms with van der Waals surface area (Å²) < 4.78 is 22.1. The van der Waals surface area contributed by atoms with Crippen LogP contribution < -0.4 is 15.5 Å². The van der Waals surface area contributed by atoms with Crippen molar-refractivity contribution in [2.24, 2.45) is 16.8 Å². The van der Waals surface area contributed by atoms with Gasteiger partial charge in [-0.2, -0.15) is 0 Å². The molecule has 0 spiro atoms. The fourth-order valence-corrected chi connectivity index (χ4v) is 6.30. The van der Waals surface area contributed by atoms with Crippen LogP contribution in [0.25, 0.3) is 0 Å². The summed E-state index contributed by atoms with van der Waals surface area (Å²) in [7, 11) is 0. The second-order valence-corrected chi connectivity index (χ2v) is 12.3. The van der Waals surface area contributed by atoms with E-state index in [1.807, 2.05) is 24.3 Å².